The SMILES string of the molecule is O=C1[C@H]2[C@@H](c3ccccc3)OC3(C(=O)c4ccccc4C3=O)[C@@H]2C(=O)N1c1ccc2c(c1)OCO2. The number of amides is 2. The second kappa shape index (κ2) is 6.86. The highest BCUT2D eigenvalue weighted by Gasteiger charge is 2.74. The van der Waals surface area contributed by atoms with Gasteiger partial charge in [-0.1, -0.05) is 54.6 Å². The second-order valence-corrected chi connectivity index (χ2v) is 8.94. The largest absolute Gasteiger partial charge is 0.454 e. The van der Waals surface area contributed by atoms with Gasteiger partial charge in [-0.15, -0.1) is 0 Å². The molecule has 3 atom stereocenters. The predicted octanol–water partition coefficient (Wildman–Crippen LogP) is 3.11. The minimum atomic E-state index is -2.09. The summed E-state index contributed by atoms with van der Waals surface area (Å²) in [6, 6.07) is 20.1. The van der Waals surface area contributed by atoms with E-state index < -0.39 is 46.9 Å². The van der Waals surface area contributed by atoms with Crippen LogP contribution >= 0.6 is 0 Å². The molecule has 3 aromatic rings. The van der Waals surface area contributed by atoms with Crippen LogP contribution in [0.1, 0.15) is 32.4 Å². The van der Waals surface area contributed by atoms with Gasteiger partial charge in [0.2, 0.25) is 35.8 Å². The van der Waals surface area contributed by atoms with Crippen LogP contribution in [-0.2, 0) is 14.3 Å². The van der Waals surface area contributed by atoms with E-state index in [1.807, 2.05) is 6.07 Å². The van der Waals surface area contributed by atoms with E-state index in [1.165, 1.54) is 0 Å². The van der Waals surface area contributed by atoms with Gasteiger partial charge in [-0.25, -0.2) is 4.90 Å². The molecule has 35 heavy (non-hydrogen) atoms. The molecule has 0 aromatic heterocycles. The number of anilines is 1. The lowest BCUT2D eigenvalue weighted by Gasteiger charge is -2.27. The van der Waals surface area contributed by atoms with E-state index in [1.54, 1.807) is 66.7 Å². The highest BCUT2D eigenvalue weighted by Crippen LogP contribution is 2.58. The Morgan fingerprint density at radius 1 is 0.743 bits per heavy atom. The van der Waals surface area contributed by atoms with E-state index in [-0.39, 0.29) is 23.6 Å². The van der Waals surface area contributed by atoms with Gasteiger partial charge >= 0.3 is 0 Å². The van der Waals surface area contributed by atoms with Gasteiger partial charge in [0.1, 0.15) is 0 Å². The van der Waals surface area contributed by atoms with Crippen LogP contribution < -0.4 is 14.4 Å². The molecule has 2 saturated heterocycles. The van der Waals surface area contributed by atoms with Gasteiger partial charge < -0.3 is 14.2 Å². The van der Waals surface area contributed by atoms with Gasteiger partial charge in [0.25, 0.3) is 0 Å². The lowest BCUT2D eigenvalue weighted by atomic mass is 9.77. The number of Topliss-reactive ketones (excluding diaryl/α,β-unsaturated/α-hetero) is 2. The number of carbonyl (C=O) groups is 4. The Bertz CT molecular complexity index is 1430. The fraction of sp³-hybridized carbons (Fsp3) is 0.185. The van der Waals surface area contributed by atoms with Gasteiger partial charge in [-0.05, 0) is 17.7 Å². The topological polar surface area (TPSA) is 99.2 Å². The Morgan fingerprint density at radius 2 is 1.40 bits per heavy atom. The molecule has 8 heteroatoms. The molecule has 1 aliphatic carbocycles. The van der Waals surface area contributed by atoms with Crippen molar-refractivity contribution < 1.29 is 33.4 Å². The maximum absolute atomic E-state index is 13.9. The van der Waals surface area contributed by atoms with Crippen molar-refractivity contribution in [3.8, 4) is 11.5 Å². The average Bonchev–Trinajstić information content (AvgIpc) is 3.61. The molecule has 3 heterocycles. The number of imide groups is 1. The van der Waals surface area contributed by atoms with Crippen LogP contribution in [0.3, 0.4) is 0 Å². The lowest BCUT2D eigenvalue weighted by molar-refractivity contribution is -0.127. The number of rotatable bonds is 2. The fourth-order valence-electron chi connectivity index (χ4n) is 5.74. The first kappa shape index (κ1) is 20.1. The van der Waals surface area contributed by atoms with Gasteiger partial charge in [0, 0.05) is 17.2 Å². The lowest BCUT2D eigenvalue weighted by Crippen LogP contribution is -2.51. The van der Waals surface area contributed by atoms with Crippen molar-refractivity contribution in [3.63, 3.8) is 0 Å². The monoisotopic (exact) mass is 467 g/mol. The van der Waals surface area contributed by atoms with E-state index >= 15 is 0 Å². The van der Waals surface area contributed by atoms with E-state index in [9.17, 15) is 19.2 Å². The molecule has 1 spiro atoms. The van der Waals surface area contributed by atoms with Gasteiger partial charge in [0.15, 0.2) is 11.5 Å². The molecule has 2 amide bonds. The normalized spacial score (nSPS) is 25.5. The smallest absolute Gasteiger partial charge is 0.241 e. The maximum Gasteiger partial charge on any atom is 0.241 e. The Kier molecular flexibility index (Phi) is 3.94. The quantitative estimate of drug-likeness (QED) is 0.422. The Hall–Kier alpha value is -4.30. The molecule has 0 bridgehead atoms. The highest BCUT2D eigenvalue weighted by atomic mass is 16.7. The summed E-state index contributed by atoms with van der Waals surface area (Å²) >= 11 is 0. The molecular weight excluding hydrogens is 450 g/mol. The molecule has 3 aromatic carbocycles. The molecule has 7 rings (SSSR count). The molecule has 0 radical (unpaired) electrons. The van der Waals surface area contributed by atoms with Gasteiger partial charge in [0.05, 0.1) is 23.6 Å². The summed E-state index contributed by atoms with van der Waals surface area (Å²) in [5.74, 6) is -3.76. The first-order valence-electron chi connectivity index (χ1n) is 11.2. The molecule has 3 aliphatic heterocycles. The summed E-state index contributed by atoms with van der Waals surface area (Å²) in [5.41, 5.74) is -0.786. The van der Waals surface area contributed by atoms with E-state index in [0.717, 1.165) is 4.90 Å². The van der Waals surface area contributed by atoms with Crippen molar-refractivity contribution >= 4 is 29.1 Å². The van der Waals surface area contributed by atoms with Crippen molar-refractivity contribution in [1.82, 2.24) is 0 Å². The fourth-order valence-corrected chi connectivity index (χ4v) is 5.74. The molecule has 0 N–H and O–H groups in total. The number of carbonyl (C=O) groups excluding carboxylic acids is 4. The van der Waals surface area contributed by atoms with Crippen LogP contribution in [0.25, 0.3) is 0 Å². The second-order valence-electron chi connectivity index (χ2n) is 8.94. The third-order valence-corrected chi connectivity index (χ3v) is 7.26. The molecule has 2 fully saturated rings. The first-order valence-corrected chi connectivity index (χ1v) is 11.2. The number of hydrogen-bond donors (Lipinski definition) is 0. The van der Waals surface area contributed by atoms with Crippen molar-refractivity contribution in [3.05, 3.63) is 89.5 Å². The standard InChI is InChI=1S/C27H17NO7/c29-23-16-8-4-5-9-17(16)24(30)27(23)21-20(22(35-27)14-6-2-1-3-7-14)25(31)28(26(21)32)15-10-11-18-19(12-15)34-13-33-18/h1-12,20-22H,13H2/t20-,21+,22-/m1/s1. The summed E-state index contributed by atoms with van der Waals surface area (Å²) in [7, 11) is 0. The van der Waals surface area contributed by atoms with E-state index in [0.29, 0.717) is 17.1 Å². The Balaban J connectivity index is 1.40. The number of nitrogens with zero attached hydrogens (tertiary/aromatic N) is 1. The summed E-state index contributed by atoms with van der Waals surface area (Å²) in [5, 5.41) is 0. The van der Waals surface area contributed by atoms with Crippen LogP contribution in [0.4, 0.5) is 5.69 Å². The molecule has 8 nitrogen and oxygen atoms in total. The van der Waals surface area contributed by atoms with Crippen molar-refractivity contribution in [2.24, 2.45) is 11.8 Å². The third kappa shape index (κ3) is 2.44. The van der Waals surface area contributed by atoms with E-state index in [2.05, 4.69) is 0 Å². The zero-order valence-electron chi connectivity index (χ0n) is 18.2. The highest BCUT2D eigenvalue weighted by molar-refractivity contribution is 6.37. The molecule has 0 unspecified atom stereocenters. The first-order chi connectivity index (χ1) is 17.0. The van der Waals surface area contributed by atoms with Gasteiger partial charge in [-0.2, -0.15) is 0 Å². The molecule has 4 aliphatic rings. The van der Waals surface area contributed by atoms with Crippen molar-refractivity contribution in [2.45, 2.75) is 11.7 Å². The van der Waals surface area contributed by atoms with Crippen LogP contribution in [0.2, 0.25) is 0 Å². The third-order valence-electron chi connectivity index (χ3n) is 7.26. The average molecular weight is 467 g/mol. The van der Waals surface area contributed by atoms with E-state index in [4.69, 9.17) is 14.2 Å². The maximum atomic E-state index is 13.9. The summed E-state index contributed by atoms with van der Waals surface area (Å²) in [4.78, 5) is 56.3. The van der Waals surface area contributed by atoms with Crippen LogP contribution in [0, 0.1) is 11.8 Å². The number of hydrogen-bond acceptors (Lipinski definition) is 7. The molecular formula is C27H17NO7. The zero-order valence-corrected chi connectivity index (χ0v) is 18.2. The Morgan fingerprint density at radius 3 is 2.11 bits per heavy atom. The zero-order chi connectivity index (χ0) is 23.9. The summed E-state index contributed by atoms with van der Waals surface area (Å²) in [6.07, 6.45) is -0.945. The number of fused-ring (bicyclic) bond motifs is 4. The van der Waals surface area contributed by atoms with Crippen LogP contribution in [0.15, 0.2) is 72.8 Å². The number of ketones is 2. The molecule has 0 saturated carbocycles. The van der Waals surface area contributed by atoms with Crippen molar-refractivity contribution in [1.29, 1.82) is 0 Å². The predicted molar refractivity (Wildman–Crippen MR) is 120 cm³/mol. The van der Waals surface area contributed by atoms with Crippen LogP contribution in [-0.4, -0.2) is 35.8 Å². The van der Waals surface area contributed by atoms with Gasteiger partial charge in [-0.3, -0.25) is 19.2 Å². The Labute approximate surface area is 199 Å². The minimum absolute atomic E-state index is 0.0419. The van der Waals surface area contributed by atoms with Crippen LogP contribution in [0.5, 0.6) is 11.5 Å². The summed E-state index contributed by atoms with van der Waals surface area (Å²) < 4.78 is 17.0. The number of benzene rings is 3. The van der Waals surface area contributed by atoms with Crippen molar-refractivity contribution in [2.75, 3.05) is 11.7 Å². The molecule has 172 valence electrons. The number of ether oxygens (including phenoxy) is 3. The minimum Gasteiger partial charge on any atom is -0.454 e. The summed E-state index contributed by atoms with van der Waals surface area (Å²) in [6.45, 7) is 0.0419.